The SMILES string of the molecule is Nc1cccc(N=Nc2ccccc2)c1.Nc1ccccc1N=Nc1ccccc1. The van der Waals surface area contributed by atoms with Gasteiger partial charge in [-0.1, -0.05) is 54.6 Å². The van der Waals surface area contributed by atoms with Crippen LogP contribution in [0, 0.1) is 0 Å². The molecule has 0 saturated heterocycles. The van der Waals surface area contributed by atoms with E-state index in [0.717, 1.165) is 17.1 Å². The van der Waals surface area contributed by atoms with Crippen molar-refractivity contribution in [2.24, 2.45) is 20.5 Å². The molecule has 0 aliphatic rings. The summed E-state index contributed by atoms with van der Waals surface area (Å²) in [5, 5.41) is 16.3. The molecule has 4 N–H and O–H groups in total. The smallest absolute Gasteiger partial charge is 0.109 e. The summed E-state index contributed by atoms with van der Waals surface area (Å²) >= 11 is 0. The van der Waals surface area contributed by atoms with E-state index in [-0.39, 0.29) is 0 Å². The van der Waals surface area contributed by atoms with Crippen LogP contribution in [0.1, 0.15) is 0 Å². The monoisotopic (exact) mass is 394 g/mol. The second kappa shape index (κ2) is 10.9. The summed E-state index contributed by atoms with van der Waals surface area (Å²) in [4.78, 5) is 0. The number of hydrogen-bond acceptors (Lipinski definition) is 6. The molecule has 4 aromatic carbocycles. The molecule has 4 rings (SSSR count). The van der Waals surface area contributed by atoms with Crippen molar-refractivity contribution in [3.05, 3.63) is 109 Å². The van der Waals surface area contributed by atoms with Crippen molar-refractivity contribution in [2.45, 2.75) is 0 Å². The van der Waals surface area contributed by atoms with Crippen molar-refractivity contribution in [3.63, 3.8) is 0 Å². The molecule has 0 aliphatic heterocycles. The Kier molecular flexibility index (Phi) is 7.40. The van der Waals surface area contributed by atoms with Gasteiger partial charge >= 0.3 is 0 Å². The minimum Gasteiger partial charge on any atom is -0.399 e. The lowest BCUT2D eigenvalue weighted by Crippen LogP contribution is -1.82. The molecule has 4 aromatic rings. The summed E-state index contributed by atoms with van der Waals surface area (Å²) in [6, 6.07) is 33.9. The van der Waals surface area contributed by atoms with Gasteiger partial charge in [0, 0.05) is 5.69 Å². The molecule has 0 radical (unpaired) electrons. The Balaban J connectivity index is 0.000000171. The lowest BCUT2D eigenvalue weighted by molar-refractivity contribution is 1.23. The molecule has 6 nitrogen and oxygen atoms in total. The number of nitrogens with two attached hydrogens (primary N) is 2. The second-order valence-electron chi connectivity index (χ2n) is 6.22. The summed E-state index contributed by atoms with van der Waals surface area (Å²) < 4.78 is 0. The van der Waals surface area contributed by atoms with E-state index >= 15 is 0 Å². The van der Waals surface area contributed by atoms with E-state index in [1.807, 2.05) is 97.1 Å². The maximum absolute atomic E-state index is 5.73. The van der Waals surface area contributed by atoms with Gasteiger partial charge < -0.3 is 11.5 Å². The average molecular weight is 394 g/mol. The van der Waals surface area contributed by atoms with E-state index in [0.29, 0.717) is 17.1 Å². The van der Waals surface area contributed by atoms with E-state index in [1.54, 1.807) is 12.1 Å². The third-order valence-electron chi connectivity index (χ3n) is 3.87. The first-order valence-corrected chi connectivity index (χ1v) is 9.34. The van der Waals surface area contributed by atoms with Gasteiger partial charge in [-0.05, 0) is 54.6 Å². The number of nitrogens with zero attached hydrogens (tertiary/aromatic N) is 4. The molecule has 30 heavy (non-hydrogen) atoms. The quantitative estimate of drug-likeness (QED) is 0.279. The Hall–Kier alpha value is -4.32. The highest BCUT2D eigenvalue weighted by Crippen LogP contribution is 2.23. The van der Waals surface area contributed by atoms with Gasteiger partial charge in [-0.25, -0.2) is 0 Å². The summed E-state index contributed by atoms with van der Waals surface area (Å²) in [6.45, 7) is 0. The average Bonchev–Trinajstić information content (AvgIpc) is 2.79. The molecule has 6 heteroatoms. The van der Waals surface area contributed by atoms with Crippen LogP contribution < -0.4 is 11.5 Å². The molecule has 148 valence electrons. The zero-order chi connectivity index (χ0) is 21.0. The topological polar surface area (TPSA) is 101 Å². The van der Waals surface area contributed by atoms with E-state index < -0.39 is 0 Å². The third kappa shape index (κ3) is 6.69. The van der Waals surface area contributed by atoms with Crippen LogP contribution >= 0.6 is 0 Å². The van der Waals surface area contributed by atoms with Crippen LogP contribution in [0.5, 0.6) is 0 Å². The molecule has 0 heterocycles. The predicted molar refractivity (Wildman–Crippen MR) is 123 cm³/mol. The van der Waals surface area contributed by atoms with Gasteiger partial charge in [0.25, 0.3) is 0 Å². The number of anilines is 2. The van der Waals surface area contributed by atoms with E-state index in [2.05, 4.69) is 20.5 Å². The van der Waals surface area contributed by atoms with E-state index in [4.69, 9.17) is 11.5 Å². The number of rotatable bonds is 4. The van der Waals surface area contributed by atoms with Crippen LogP contribution in [-0.2, 0) is 0 Å². The fourth-order valence-corrected chi connectivity index (χ4v) is 2.38. The van der Waals surface area contributed by atoms with Gasteiger partial charge in [0.05, 0.1) is 22.7 Å². The molecular weight excluding hydrogens is 372 g/mol. The Labute approximate surface area is 175 Å². The molecule has 0 amide bonds. The van der Waals surface area contributed by atoms with Crippen molar-refractivity contribution in [1.29, 1.82) is 0 Å². The van der Waals surface area contributed by atoms with E-state index in [1.165, 1.54) is 0 Å². The molecule has 0 fully saturated rings. The van der Waals surface area contributed by atoms with Crippen molar-refractivity contribution < 1.29 is 0 Å². The van der Waals surface area contributed by atoms with Gasteiger partial charge in [0.15, 0.2) is 0 Å². The number of nitrogen functional groups attached to an aromatic ring is 2. The molecule has 0 aromatic heterocycles. The summed E-state index contributed by atoms with van der Waals surface area (Å²) in [5.74, 6) is 0. The van der Waals surface area contributed by atoms with Crippen LogP contribution in [0.25, 0.3) is 0 Å². The first kappa shape index (κ1) is 20.4. The number of benzene rings is 4. The Morgan fingerprint density at radius 1 is 0.433 bits per heavy atom. The van der Waals surface area contributed by atoms with Gasteiger partial charge in [-0.3, -0.25) is 0 Å². The van der Waals surface area contributed by atoms with Crippen LogP contribution in [0.4, 0.5) is 34.1 Å². The molecule has 0 aliphatic carbocycles. The predicted octanol–water partition coefficient (Wildman–Crippen LogP) is 7.37. The maximum atomic E-state index is 5.73. The molecule has 0 bridgehead atoms. The molecule has 0 saturated carbocycles. The van der Waals surface area contributed by atoms with Crippen LogP contribution in [0.3, 0.4) is 0 Å². The largest absolute Gasteiger partial charge is 0.399 e. The minimum absolute atomic E-state index is 0.636. The van der Waals surface area contributed by atoms with Crippen molar-refractivity contribution >= 4 is 34.1 Å². The highest BCUT2D eigenvalue weighted by Gasteiger charge is 1.94. The van der Waals surface area contributed by atoms with Crippen molar-refractivity contribution in [1.82, 2.24) is 0 Å². The van der Waals surface area contributed by atoms with Gasteiger partial charge in [-0.2, -0.15) is 15.3 Å². The lowest BCUT2D eigenvalue weighted by atomic mass is 10.3. The van der Waals surface area contributed by atoms with Gasteiger partial charge in [0.2, 0.25) is 0 Å². The minimum atomic E-state index is 0.636. The Morgan fingerprint density at radius 3 is 1.53 bits per heavy atom. The highest BCUT2D eigenvalue weighted by molar-refractivity contribution is 5.61. The lowest BCUT2D eigenvalue weighted by Gasteiger charge is -1.96. The molecular formula is C24H22N6. The van der Waals surface area contributed by atoms with Crippen molar-refractivity contribution in [3.8, 4) is 0 Å². The van der Waals surface area contributed by atoms with E-state index in [9.17, 15) is 0 Å². The fraction of sp³-hybridized carbons (Fsp3) is 0. The van der Waals surface area contributed by atoms with Crippen molar-refractivity contribution in [2.75, 3.05) is 11.5 Å². The summed E-state index contributed by atoms with van der Waals surface area (Å²) in [5.41, 5.74) is 15.8. The second-order valence-corrected chi connectivity index (χ2v) is 6.22. The Bertz CT molecular complexity index is 1110. The zero-order valence-electron chi connectivity index (χ0n) is 16.3. The molecule has 0 spiro atoms. The van der Waals surface area contributed by atoms with Gasteiger partial charge in [-0.15, -0.1) is 5.11 Å². The van der Waals surface area contributed by atoms with Crippen LogP contribution in [0.15, 0.2) is 130 Å². The maximum Gasteiger partial charge on any atom is 0.109 e. The van der Waals surface area contributed by atoms with Crippen LogP contribution in [0.2, 0.25) is 0 Å². The standard InChI is InChI=1S/2C12H11N3/c13-10-5-4-8-12(9-10)15-14-11-6-2-1-3-7-11;13-11-8-4-5-9-12(11)15-14-10-6-2-1-3-7-10/h2*1-9H,13H2. The first-order chi connectivity index (χ1) is 14.7. The Morgan fingerprint density at radius 2 is 0.933 bits per heavy atom. The number of para-hydroxylation sites is 1. The molecule has 0 atom stereocenters. The zero-order valence-corrected chi connectivity index (χ0v) is 16.3. The number of azo groups is 2. The first-order valence-electron chi connectivity index (χ1n) is 9.34. The number of hydrogen-bond donors (Lipinski definition) is 2. The normalized spacial score (nSPS) is 10.7. The summed E-state index contributed by atoms with van der Waals surface area (Å²) in [7, 11) is 0. The van der Waals surface area contributed by atoms with Crippen LogP contribution in [-0.4, -0.2) is 0 Å². The molecule has 0 unspecified atom stereocenters. The highest BCUT2D eigenvalue weighted by atomic mass is 15.1. The summed E-state index contributed by atoms with van der Waals surface area (Å²) in [6.07, 6.45) is 0. The van der Waals surface area contributed by atoms with Gasteiger partial charge in [0.1, 0.15) is 5.69 Å². The fourth-order valence-electron chi connectivity index (χ4n) is 2.38. The third-order valence-corrected chi connectivity index (χ3v) is 3.87.